The molecule has 0 aromatic carbocycles. The summed E-state index contributed by atoms with van der Waals surface area (Å²) >= 11 is 0. The number of aromatic nitrogens is 5. The smallest absolute Gasteiger partial charge is 0.257 e. The Bertz CT molecular complexity index is 587. The molecule has 1 aliphatic rings. The molecule has 0 amide bonds. The number of anilines is 2. The van der Waals surface area contributed by atoms with Crippen LogP contribution in [0.25, 0.3) is 5.95 Å². The Morgan fingerprint density at radius 1 is 1.10 bits per heavy atom. The molecule has 0 saturated heterocycles. The highest BCUT2D eigenvalue weighted by Gasteiger charge is 2.27. The van der Waals surface area contributed by atoms with Crippen molar-refractivity contribution in [2.45, 2.75) is 44.6 Å². The molecule has 2 aromatic rings. The lowest BCUT2D eigenvalue weighted by molar-refractivity contribution is 0.347. The molecule has 2 aromatic heterocycles. The van der Waals surface area contributed by atoms with Crippen molar-refractivity contribution < 1.29 is 0 Å². The van der Waals surface area contributed by atoms with Gasteiger partial charge in [-0.15, -0.1) is 0 Å². The predicted octanol–water partition coefficient (Wildman–Crippen LogP) is 2.23. The molecule has 1 aliphatic carbocycles. The van der Waals surface area contributed by atoms with Gasteiger partial charge >= 0.3 is 0 Å². The van der Waals surface area contributed by atoms with Crippen LogP contribution >= 0.6 is 0 Å². The van der Waals surface area contributed by atoms with Gasteiger partial charge in [0.15, 0.2) is 0 Å². The zero-order valence-corrected chi connectivity index (χ0v) is 12.5. The van der Waals surface area contributed by atoms with E-state index in [1.807, 2.05) is 12.3 Å². The molecule has 0 aliphatic heterocycles. The number of hydrogen-bond donors (Lipinski definition) is 2. The van der Waals surface area contributed by atoms with Crippen molar-refractivity contribution in [2.24, 2.45) is 0 Å². The van der Waals surface area contributed by atoms with Crippen LogP contribution in [0.5, 0.6) is 0 Å². The summed E-state index contributed by atoms with van der Waals surface area (Å²) in [5.74, 6) is 1.66. The van der Waals surface area contributed by atoms with Crippen LogP contribution < -0.4 is 10.6 Å². The van der Waals surface area contributed by atoms with Crippen LogP contribution in [0.3, 0.4) is 0 Å². The number of nitrogens with one attached hydrogen (secondary N) is 2. The Labute approximate surface area is 124 Å². The van der Waals surface area contributed by atoms with Crippen LogP contribution in [-0.2, 0) is 0 Å². The lowest BCUT2D eigenvalue weighted by Crippen LogP contribution is -2.37. The van der Waals surface area contributed by atoms with E-state index in [1.165, 1.54) is 19.3 Å². The summed E-state index contributed by atoms with van der Waals surface area (Å²) in [6, 6.07) is 1.85. The van der Waals surface area contributed by atoms with Gasteiger partial charge in [-0.05, 0) is 25.8 Å². The third kappa shape index (κ3) is 3.12. The minimum absolute atomic E-state index is 0.0615. The van der Waals surface area contributed by atoms with Gasteiger partial charge in [0.1, 0.15) is 0 Å². The maximum atomic E-state index is 4.49. The zero-order chi connectivity index (χ0) is 14.7. The second-order valence-electron chi connectivity index (χ2n) is 5.73. The quantitative estimate of drug-likeness (QED) is 0.897. The van der Waals surface area contributed by atoms with Gasteiger partial charge in [0.25, 0.3) is 5.95 Å². The lowest BCUT2D eigenvalue weighted by atomic mass is 9.83. The summed E-state index contributed by atoms with van der Waals surface area (Å²) in [6.07, 6.45) is 9.63. The molecular formula is C14H21N7. The van der Waals surface area contributed by atoms with E-state index in [0.717, 1.165) is 12.8 Å². The normalized spacial score (nSPS) is 17.4. The van der Waals surface area contributed by atoms with Crippen LogP contribution in [0, 0.1) is 0 Å². The molecule has 0 spiro atoms. The van der Waals surface area contributed by atoms with Gasteiger partial charge in [-0.1, -0.05) is 19.3 Å². The van der Waals surface area contributed by atoms with Crippen molar-refractivity contribution in [3.8, 4) is 5.95 Å². The highest BCUT2D eigenvalue weighted by atomic mass is 15.4. The number of nitrogens with zero attached hydrogens (tertiary/aromatic N) is 5. The summed E-state index contributed by atoms with van der Waals surface area (Å²) in [5.41, 5.74) is 0.0615. The molecule has 2 heterocycles. The second kappa shape index (κ2) is 5.67. The standard InChI is InChI=1S/C14H21N7/c1-14(7-4-3-5-8-14)20-12-17-11(15-2)18-13(19-12)21-10-6-9-16-21/h6,9-10H,3-5,7-8H2,1-2H3,(H2,15,17,18,19,20). The van der Waals surface area contributed by atoms with Crippen LogP contribution in [0.4, 0.5) is 11.9 Å². The first kappa shape index (κ1) is 13.8. The molecule has 112 valence electrons. The summed E-state index contributed by atoms with van der Waals surface area (Å²) in [5, 5.41) is 10.6. The molecular weight excluding hydrogens is 266 g/mol. The van der Waals surface area contributed by atoms with Gasteiger partial charge in [0.05, 0.1) is 0 Å². The van der Waals surface area contributed by atoms with E-state index >= 15 is 0 Å². The van der Waals surface area contributed by atoms with Crippen molar-refractivity contribution in [1.29, 1.82) is 0 Å². The SMILES string of the molecule is CNc1nc(NC2(C)CCCCC2)nc(-n2cccn2)n1. The molecule has 7 heteroatoms. The van der Waals surface area contributed by atoms with E-state index in [0.29, 0.717) is 17.8 Å². The first-order valence-corrected chi connectivity index (χ1v) is 7.41. The Hall–Kier alpha value is -2.18. The molecule has 0 atom stereocenters. The molecule has 0 bridgehead atoms. The van der Waals surface area contributed by atoms with Crippen LogP contribution in [0.2, 0.25) is 0 Å². The fourth-order valence-corrected chi connectivity index (χ4v) is 2.75. The van der Waals surface area contributed by atoms with Gasteiger partial charge in [-0.2, -0.15) is 20.1 Å². The predicted molar refractivity (Wildman–Crippen MR) is 81.6 cm³/mol. The third-order valence-electron chi connectivity index (χ3n) is 3.93. The molecule has 0 radical (unpaired) electrons. The highest BCUT2D eigenvalue weighted by molar-refractivity contribution is 5.39. The Morgan fingerprint density at radius 2 is 1.86 bits per heavy atom. The Balaban J connectivity index is 1.89. The average Bonchev–Trinajstić information content (AvgIpc) is 3.01. The van der Waals surface area contributed by atoms with Gasteiger partial charge in [0.2, 0.25) is 11.9 Å². The number of hydrogen-bond acceptors (Lipinski definition) is 6. The molecule has 3 rings (SSSR count). The maximum Gasteiger partial charge on any atom is 0.257 e. The molecule has 2 N–H and O–H groups in total. The maximum absolute atomic E-state index is 4.49. The monoisotopic (exact) mass is 287 g/mol. The van der Waals surface area contributed by atoms with E-state index in [2.05, 4.69) is 37.6 Å². The van der Waals surface area contributed by atoms with Crippen molar-refractivity contribution >= 4 is 11.9 Å². The minimum Gasteiger partial charge on any atom is -0.357 e. The van der Waals surface area contributed by atoms with E-state index in [9.17, 15) is 0 Å². The zero-order valence-electron chi connectivity index (χ0n) is 12.5. The van der Waals surface area contributed by atoms with E-state index in [1.54, 1.807) is 17.9 Å². The lowest BCUT2D eigenvalue weighted by Gasteiger charge is -2.34. The number of rotatable bonds is 4. The van der Waals surface area contributed by atoms with Crippen LogP contribution in [0.1, 0.15) is 39.0 Å². The molecule has 0 unspecified atom stereocenters. The molecule has 1 fully saturated rings. The van der Waals surface area contributed by atoms with Crippen molar-refractivity contribution in [2.75, 3.05) is 17.7 Å². The highest BCUT2D eigenvalue weighted by Crippen LogP contribution is 2.30. The van der Waals surface area contributed by atoms with Gasteiger partial charge in [-0.3, -0.25) is 0 Å². The second-order valence-corrected chi connectivity index (χ2v) is 5.73. The Kier molecular flexibility index (Phi) is 3.72. The third-order valence-corrected chi connectivity index (χ3v) is 3.93. The fraction of sp³-hybridized carbons (Fsp3) is 0.571. The average molecular weight is 287 g/mol. The van der Waals surface area contributed by atoms with Crippen molar-refractivity contribution in [1.82, 2.24) is 24.7 Å². The van der Waals surface area contributed by atoms with E-state index in [-0.39, 0.29) is 5.54 Å². The topological polar surface area (TPSA) is 80.5 Å². The summed E-state index contributed by atoms with van der Waals surface area (Å²) in [4.78, 5) is 13.2. The van der Waals surface area contributed by atoms with Gasteiger partial charge in [-0.25, -0.2) is 4.68 Å². The summed E-state index contributed by atoms with van der Waals surface area (Å²) in [6.45, 7) is 2.24. The fourth-order valence-electron chi connectivity index (χ4n) is 2.75. The molecule has 21 heavy (non-hydrogen) atoms. The summed E-state index contributed by atoms with van der Waals surface area (Å²) in [7, 11) is 1.80. The first-order chi connectivity index (χ1) is 10.2. The van der Waals surface area contributed by atoms with Crippen LogP contribution in [-0.4, -0.2) is 37.3 Å². The van der Waals surface area contributed by atoms with Crippen LogP contribution in [0.15, 0.2) is 18.5 Å². The largest absolute Gasteiger partial charge is 0.357 e. The Morgan fingerprint density at radius 3 is 2.52 bits per heavy atom. The van der Waals surface area contributed by atoms with E-state index < -0.39 is 0 Å². The first-order valence-electron chi connectivity index (χ1n) is 7.41. The van der Waals surface area contributed by atoms with Gasteiger partial charge < -0.3 is 10.6 Å². The minimum atomic E-state index is 0.0615. The molecule has 1 saturated carbocycles. The van der Waals surface area contributed by atoms with Crippen molar-refractivity contribution in [3.05, 3.63) is 18.5 Å². The van der Waals surface area contributed by atoms with Gasteiger partial charge in [0, 0.05) is 25.0 Å². The van der Waals surface area contributed by atoms with Crippen molar-refractivity contribution in [3.63, 3.8) is 0 Å². The van der Waals surface area contributed by atoms with E-state index in [4.69, 9.17) is 0 Å². The summed E-state index contributed by atoms with van der Waals surface area (Å²) < 4.78 is 1.64. The molecule has 7 nitrogen and oxygen atoms in total.